The second-order valence-corrected chi connectivity index (χ2v) is 6.95. The molecule has 0 spiro atoms. The lowest BCUT2D eigenvalue weighted by Crippen LogP contribution is -2.35. The number of nitrogens with zero attached hydrogens (tertiary/aromatic N) is 3. The molecule has 1 N–H and O–H groups in total. The molecule has 1 aliphatic heterocycles. The van der Waals surface area contributed by atoms with Crippen LogP contribution in [0.5, 0.6) is 0 Å². The number of pyridine rings is 1. The Kier molecular flexibility index (Phi) is 5.41. The van der Waals surface area contributed by atoms with Gasteiger partial charge >= 0.3 is 12.4 Å². The Morgan fingerprint density at radius 3 is 2.28 bits per heavy atom. The zero-order chi connectivity index (χ0) is 23.1. The van der Waals surface area contributed by atoms with Crippen molar-refractivity contribution in [1.29, 1.82) is 0 Å². The number of hydrogen-bond donors (Lipinski definition) is 1. The van der Waals surface area contributed by atoms with E-state index in [4.69, 9.17) is 4.74 Å². The van der Waals surface area contributed by atoms with Crippen LogP contribution >= 0.6 is 0 Å². The van der Waals surface area contributed by atoms with E-state index in [0.717, 1.165) is 16.9 Å². The van der Waals surface area contributed by atoms with Crippen LogP contribution < -0.4 is 5.32 Å². The van der Waals surface area contributed by atoms with Crippen molar-refractivity contribution >= 4 is 11.6 Å². The van der Waals surface area contributed by atoms with Gasteiger partial charge in [0.1, 0.15) is 22.6 Å². The van der Waals surface area contributed by atoms with Crippen molar-refractivity contribution in [2.24, 2.45) is 0 Å². The monoisotopic (exact) mass is 456 g/mol. The lowest BCUT2D eigenvalue weighted by atomic mass is 10.0. The van der Waals surface area contributed by atoms with Gasteiger partial charge < -0.3 is 10.1 Å². The van der Waals surface area contributed by atoms with Crippen molar-refractivity contribution in [3.8, 4) is 11.3 Å². The van der Waals surface area contributed by atoms with Gasteiger partial charge in [0, 0.05) is 17.4 Å². The molecule has 0 radical (unpaired) electrons. The molecule has 1 fully saturated rings. The van der Waals surface area contributed by atoms with Crippen LogP contribution in [0, 0.1) is 0 Å². The molecule has 0 saturated carbocycles. The zero-order valence-corrected chi connectivity index (χ0v) is 16.0. The maximum atomic E-state index is 14.1. The average Bonchev–Trinajstić information content (AvgIpc) is 3.07. The first-order chi connectivity index (χ1) is 15.1. The van der Waals surface area contributed by atoms with E-state index in [1.807, 2.05) is 0 Å². The number of hydrogen-bond acceptors (Lipinski definition) is 4. The third-order valence-corrected chi connectivity index (χ3v) is 4.73. The Balaban J connectivity index is 1.82. The number of carbonyl (C=O) groups excluding carboxylic acids is 1. The van der Waals surface area contributed by atoms with Crippen LogP contribution in [0.1, 0.15) is 27.8 Å². The molecule has 0 bridgehead atoms. The van der Waals surface area contributed by atoms with Gasteiger partial charge in [0.25, 0.3) is 5.91 Å². The van der Waals surface area contributed by atoms with Crippen molar-refractivity contribution in [3.63, 3.8) is 0 Å². The number of anilines is 1. The largest absolute Gasteiger partial charge is 0.433 e. The lowest BCUT2D eigenvalue weighted by molar-refractivity contribution is -0.141. The molecule has 4 rings (SSSR count). The second-order valence-electron chi connectivity index (χ2n) is 6.95. The summed E-state index contributed by atoms with van der Waals surface area (Å²) in [5.74, 6) is -1.25. The number of aromatic nitrogens is 3. The second kappa shape index (κ2) is 7.93. The Hall–Kier alpha value is -3.41. The molecule has 1 saturated heterocycles. The van der Waals surface area contributed by atoms with Crippen LogP contribution in [0.3, 0.4) is 0 Å². The molecule has 3 heterocycles. The van der Waals surface area contributed by atoms with Crippen LogP contribution in [0.2, 0.25) is 0 Å². The molecule has 2 aromatic heterocycles. The minimum absolute atomic E-state index is 0.0426. The molecule has 6 nitrogen and oxygen atoms in total. The lowest BCUT2D eigenvalue weighted by Gasteiger charge is -2.27. The summed E-state index contributed by atoms with van der Waals surface area (Å²) in [6.45, 7) is 0.0852. The number of carbonyl (C=O) groups is 1. The fraction of sp³-hybridized carbons (Fsp3) is 0.250. The Labute approximate surface area is 176 Å². The van der Waals surface area contributed by atoms with Crippen molar-refractivity contribution in [3.05, 3.63) is 65.6 Å². The SMILES string of the molecule is O=C(Nc1ccnc(C(F)(F)F)c1)c1c(C(F)(F)F)c(-c2ccccc2)nn1C1COC1. The minimum Gasteiger partial charge on any atom is -0.377 e. The minimum atomic E-state index is -4.96. The molecule has 3 aromatic rings. The third kappa shape index (κ3) is 4.17. The highest BCUT2D eigenvalue weighted by Gasteiger charge is 2.44. The van der Waals surface area contributed by atoms with Crippen molar-refractivity contribution in [1.82, 2.24) is 14.8 Å². The maximum Gasteiger partial charge on any atom is 0.433 e. The molecule has 0 aliphatic carbocycles. The zero-order valence-electron chi connectivity index (χ0n) is 16.0. The van der Waals surface area contributed by atoms with Crippen LogP contribution in [0.25, 0.3) is 11.3 Å². The molecule has 1 aliphatic rings. The smallest absolute Gasteiger partial charge is 0.377 e. The molecule has 0 unspecified atom stereocenters. The van der Waals surface area contributed by atoms with E-state index in [1.165, 1.54) is 24.3 Å². The number of alkyl halides is 6. The summed E-state index contributed by atoms with van der Waals surface area (Å²) in [7, 11) is 0. The van der Waals surface area contributed by atoms with Gasteiger partial charge in [-0.05, 0) is 12.1 Å². The van der Waals surface area contributed by atoms with Gasteiger partial charge in [-0.25, -0.2) is 0 Å². The van der Waals surface area contributed by atoms with Gasteiger partial charge in [-0.3, -0.25) is 14.5 Å². The van der Waals surface area contributed by atoms with Gasteiger partial charge in [-0.15, -0.1) is 0 Å². The van der Waals surface area contributed by atoms with E-state index in [0.29, 0.717) is 6.07 Å². The summed E-state index contributed by atoms with van der Waals surface area (Å²) in [5.41, 5.74) is -4.06. The van der Waals surface area contributed by atoms with E-state index >= 15 is 0 Å². The van der Waals surface area contributed by atoms with E-state index < -0.39 is 46.9 Å². The number of nitrogens with one attached hydrogen (secondary N) is 1. The van der Waals surface area contributed by atoms with E-state index in [9.17, 15) is 31.1 Å². The van der Waals surface area contributed by atoms with Crippen LogP contribution in [0.4, 0.5) is 32.0 Å². The third-order valence-electron chi connectivity index (χ3n) is 4.73. The van der Waals surface area contributed by atoms with E-state index in [1.54, 1.807) is 6.07 Å². The number of ether oxygens (including phenoxy) is 1. The molecular weight excluding hydrogens is 442 g/mol. The van der Waals surface area contributed by atoms with Crippen molar-refractivity contribution in [2.75, 3.05) is 18.5 Å². The first-order valence-corrected chi connectivity index (χ1v) is 9.23. The van der Waals surface area contributed by atoms with Crippen molar-refractivity contribution in [2.45, 2.75) is 18.4 Å². The summed E-state index contributed by atoms with van der Waals surface area (Å²) < 4.78 is 87.0. The summed E-state index contributed by atoms with van der Waals surface area (Å²) in [5, 5.41) is 6.16. The Bertz CT molecular complexity index is 1140. The summed E-state index contributed by atoms with van der Waals surface area (Å²) in [6, 6.07) is 8.45. The topological polar surface area (TPSA) is 69.0 Å². The molecule has 12 heteroatoms. The van der Waals surface area contributed by atoms with Gasteiger partial charge in [0.2, 0.25) is 0 Å². The molecule has 32 heavy (non-hydrogen) atoms. The molecule has 1 aromatic carbocycles. The molecule has 168 valence electrons. The molecular formula is C20H14F6N4O2. The fourth-order valence-corrected chi connectivity index (χ4v) is 3.20. The number of benzene rings is 1. The van der Waals surface area contributed by atoms with Crippen LogP contribution in [-0.2, 0) is 17.1 Å². The highest BCUT2D eigenvalue weighted by Crippen LogP contribution is 2.41. The molecule has 0 atom stereocenters. The number of halogens is 6. The first kappa shape index (κ1) is 21.8. The van der Waals surface area contributed by atoms with Gasteiger partial charge in [-0.2, -0.15) is 31.4 Å². The molecule has 1 amide bonds. The van der Waals surface area contributed by atoms with Crippen LogP contribution in [0.15, 0.2) is 48.7 Å². The first-order valence-electron chi connectivity index (χ1n) is 9.23. The maximum absolute atomic E-state index is 14.1. The fourth-order valence-electron chi connectivity index (χ4n) is 3.20. The summed E-state index contributed by atoms with van der Waals surface area (Å²) in [4.78, 5) is 16.1. The highest BCUT2D eigenvalue weighted by atomic mass is 19.4. The van der Waals surface area contributed by atoms with Gasteiger partial charge in [-0.1, -0.05) is 30.3 Å². The van der Waals surface area contributed by atoms with Gasteiger partial charge in [0.05, 0.1) is 19.3 Å². The summed E-state index contributed by atoms with van der Waals surface area (Å²) in [6.07, 6.45) is -8.95. The van der Waals surface area contributed by atoms with E-state index in [2.05, 4.69) is 15.4 Å². The quantitative estimate of drug-likeness (QED) is 0.573. The normalized spacial score (nSPS) is 14.8. The van der Waals surface area contributed by atoms with E-state index in [-0.39, 0.29) is 24.5 Å². The predicted octanol–water partition coefficient (Wildman–Crippen LogP) is 4.81. The Morgan fingerprint density at radius 1 is 1.03 bits per heavy atom. The average molecular weight is 456 g/mol. The van der Waals surface area contributed by atoms with Crippen molar-refractivity contribution < 1.29 is 35.9 Å². The number of amides is 1. The predicted molar refractivity (Wildman–Crippen MR) is 99.7 cm³/mol. The van der Waals surface area contributed by atoms with Crippen LogP contribution in [-0.4, -0.2) is 33.9 Å². The Morgan fingerprint density at radius 2 is 1.72 bits per heavy atom. The highest BCUT2D eigenvalue weighted by molar-refractivity contribution is 6.05. The standard InChI is InChI=1S/C20H14F6N4O2/c21-19(22,23)14-8-12(6-7-27-14)28-18(31)17-15(20(24,25)26)16(11-4-2-1-3-5-11)29-30(17)13-9-32-10-13/h1-8,13H,9-10H2,(H,27,28,31). The summed E-state index contributed by atoms with van der Waals surface area (Å²) >= 11 is 0. The van der Waals surface area contributed by atoms with Gasteiger partial charge in [0.15, 0.2) is 0 Å². The number of rotatable bonds is 4.